The van der Waals surface area contributed by atoms with Crippen LogP contribution in [0, 0.1) is 0 Å². The van der Waals surface area contributed by atoms with Crippen molar-refractivity contribution >= 4 is 5.97 Å². The first-order valence-electron chi connectivity index (χ1n) is 6.56. The Labute approximate surface area is 121 Å². The molecule has 4 heteroatoms. The number of carboxylic acids is 1. The van der Waals surface area contributed by atoms with Gasteiger partial charge in [-0.2, -0.15) is 0 Å². The minimum Gasteiger partial charge on any atom is -0.481 e. The number of aromatic nitrogens is 1. The Hall–Kier alpha value is -2.88. The molecule has 3 aromatic rings. The Bertz CT molecular complexity index is 762. The topological polar surface area (TPSA) is 63.3 Å². The van der Waals surface area contributed by atoms with Gasteiger partial charge in [0.1, 0.15) is 5.69 Å². The average molecular weight is 279 g/mol. The van der Waals surface area contributed by atoms with E-state index in [0.717, 1.165) is 16.7 Å². The third-order valence-electron chi connectivity index (χ3n) is 3.20. The molecule has 0 amide bonds. The number of rotatable bonds is 4. The number of benzene rings is 2. The van der Waals surface area contributed by atoms with Crippen molar-refractivity contribution in [3.8, 4) is 22.6 Å². The fraction of sp³-hybridized carbons (Fsp3) is 0.0588. The first-order chi connectivity index (χ1) is 10.2. The fourth-order valence-corrected chi connectivity index (χ4v) is 2.23. The van der Waals surface area contributed by atoms with Gasteiger partial charge in [0, 0.05) is 17.2 Å². The Balaban J connectivity index is 1.99. The molecule has 0 bridgehead atoms. The van der Waals surface area contributed by atoms with E-state index in [1.807, 2.05) is 54.6 Å². The van der Waals surface area contributed by atoms with E-state index in [1.54, 1.807) is 6.07 Å². The quantitative estimate of drug-likeness (QED) is 0.792. The summed E-state index contributed by atoms with van der Waals surface area (Å²) >= 11 is 0. The molecule has 0 atom stereocenters. The smallest absolute Gasteiger partial charge is 0.307 e. The van der Waals surface area contributed by atoms with Gasteiger partial charge in [-0.15, -0.1) is 0 Å². The van der Waals surface area contributed by atoms with Crippen LogP contribution in [-0.4, -0.2) is 16.2 Å². The zero-order valence-electron chi connectivity index (χ0n) is 11.2. The van der Waals surface area contributed by atoms with Gasteiger partial charge in [-0.1, -0.05) is 59.8 Å². The molecule has 0 unspecified atom stereocenters. The highest BCUT2D eigenvalue weighted by Gasteiger charge is 2.13. The van der Waals surface area contributed by atoms with Gasteiger partial charge in [0.2, 0.25) is 0 Å². The Kier molecular flexibility index (Phi) is 3.51. The lowest BCUT2D eigenvalue weighted by atomic mass is 10.0. The third-order valence-corrected chi connectivity index (χ3v) is 3.20. The van der Waals surface area contributed by atoms with Crippen LogP contribution in [0.25, 0.3) is 22.6 Å². The summed E-state index contributed by atoms with van der Waals surface area (Å²) in [4.78, 5) is 10.9. The monoisotopic (exact) mass is 279 g/mol. The second-order valence-electron chi connectivity index (χ2n) is 4.67. The molecule has 4 nitrogen and oxygen atoms in total. The van der Waals surface area contributed by atoms with Crippen LogP contribution in [0.4, 0.5) is 0 Å². The van der Waals surface area contributed by atoms with Gasteiger partial charge in [-0.25, -0.2) is 0 Å². The summed E-state index contributed by atoms with van der Waals surface area (Å²) in [5.74, 6) is -0.204. The number of nitrogens with zero attached hydrogens (tertiary/aromatic N) is 1. The maximum atomic E-state index is 10.9. The molecule has 0 aliphatic carbocycles. The van der Waals surface area contributed by atoms with Crippen molar-refractivity contribution < 1.29 is 14.4 Å². The highest BCUT2D eigenvalue weighted by atomic mass is 16.5. The van der Waals surface area contributed by atoms with E-state index in [0.29, 0.717) is 11.5 Å². The lowest BCUT2D eigenvalue weighted by Crippen LogP contribution is -2.01. The molecule has 0 radical (unpaired) electrons. The second kappa shape index (κ2) is 5.63. The number of hydrogen-bond donors (Lipinski definition) is 1. The Morgan fingerprint density at radius 2 is 1.76 bits per heavy atom. The van der Waals surface area contributed by atoms with Crippen LogP contribution in [-0.2, 0) is 11.2 Å². The van der Waals surface area contributed by atoms with Crippen molar-refractivity contribution in [1.29, 1.82) is 0 Å². The van der Waals surface area contributed by atoms with E-state index in [4.69, 9.17) is 9.63 Å². The third kappa shape index (κ3) is 2.84. The predicted molar refractivity (Wildman–Crippen MR) is 78.7 cm³/mol. The molecule has 0 aliphatic heterocycles. The van der Waals surface area contributed by atoms with E-state index >= 15 is 0 Å². The lowest BCUT2D eigenvalue weighted by Gasteiger charge is -2.03. The summed E-state index contributed by atoms with van der Waals surface area (Å²) in [6.45, 7) is 0. The normalized spacial score (nSPS) is 10.5. The highest BCUT2D eigenvalue weighted by molar-refractivity contribution is 5.76. The summed E-state index contributed by atoms with van der Waals surface area (Å²) in [5.41, 5.74) is 3.08. The van der Waals surface area contributed by atoms with Crippen LogP contribution in [0.3, 0.4) is 0 Å². The summed E-state index contributed by atoms with van der Waals surface area (Å²) in [6.07, 6.45) is -0.0380. The van der Waals surface area contributed by atoms with E-state index in [1.165, 1.54) is 0 Å². The molecule has 0 saturated heterocycles. The summed E-state index contributed by atoms with van der Waals surface area (Å²) in [5, 5.41) is 13.0. The van der Waals surface area contributed by atoms with Gasteiger partial charge < -0.3 is 9.63 Å². The zero-order chi connectivity index (χ0) is 14.7. The van der Waals surface area contributed by atoms with E-state index in [-0.39, 0.29) is 6.42 Å². The highest BCUT2D eigenvalue weighted by Crippen LogP contribution is 2.28. The van der Waals surface area contributed by atoms with Crippen molar-refractivity contribution in [2.45, 2.75) is 6.42 Å². The molecule has 0 fully saturated rings. The van der Waals surface area contributed by atoms with Crippen molar-refractivity contribution in [3.63, 3.8) is 0 Å². The Morgan fingerprint density at radius 1 is 1.05 bits per heavy atom. The summed E-state index contributed by atoms with van der Waals surface area (Å²) < 4.78 is 5.37. The van der Waals surface area contributed by atoms with E-state index in [9.17, 15) is 4.79 Å². The first kappa shape index (κ1) is 13.1. The van der Waals surface area contributed by atoms with Crippen LogP contribution < -0.4 is 0 Å². The number of carbonyl (C=O) groups is 1. The van der Waals surface area contributed by atoms with Gasteiger partial charge in [0.05, 0.1) is 6.42 Å². The van der Waals surface area contributed by atoms with Crippen LogP contribution >= 0.6 is 0 Å². The summed E-state index contributed by atoms with van der Waals surface area (Å²) in [6, 6.07) is 18.8. The van der Waals surface area contributed by atoms with Crippen LogP contribution in [0.5, 0.6) is 0 Å². The molecule has 2 aromatic carbocycles. The van der Waals surface area contributed by atoms with Crippen molar-refractivity contribution in [3.05, 3.63) is 66.2 Å². The number of aliphatic carboxylic acids is 1. The second-order valence-corrected chi connectivity index (χ2v) is 4.67. The minimum absolute atomic E-state index is 0.0380. The fourth-order valence-electron chi connectivity index (χ4n) is 2.23. The summed E-state index contributed by atoms with van der Waals surface area (Å²) in [7, 11) is 0. The molecule has 1 aromatic heterocycles. The van der Waals surface area contributed by atoms with Gasteiger partial charge in [0.25, 0.3) is 0 Å². The van der Waals surface area contributed by atoms with Crippen molar-refractivity contribution in [2.75, 3.05) is 0 Å². The van der Waals surface area contributed by atoms with Gasteiger partial charge >= 0.3 is 5.97 Å². The molecule has 3 rings (SSSR count). The Morgan fingerprint density at radius 3 is 2.52 bits per heavy atom. The van der Waals surface area contributed by atoms with Gasteiger partial charge in [-0.3, -0.25) is 4.79 Å². The number of carboxylic acid groups (broad SMARTS) is 1. The maximum Gasteiger partial charge on any atom is 0.307 e. The van der Waals surface area contributed by atoms with Crippen LogP contribution in [0.1, 0.15) is 5.56 Å². The molecule has 0 saturated carbocycles. The molecule has 21 heavy (non-hydrogen) atoms. The van der Waals surface area contributed by atoms with Gasteiger partial charge in [0.15, 0.2) is 5.76 Å². The molecule has 104 valence electrons. The predicted octanol–water partition coefficient (Wildman–Crippen LogP) is 3.64. The zero-order valence-corrected chi connectivity index (χ0v) is 11.2. The number of hydrogen-bond acceptors (Lipinski definition) is 3. The lowest BCUT2D eigenvalue weighted by molar-refractivity contribution is -0.136. The van der Waals surface area contributed by atoms with Crippen LogP contribution in [0.2, 0.25) is 0 Å². The minimum atomic E-state index is -0.866. The molecule has 1 N–H and O–H groups in total. The van der Waals surface area contributed by atoms with E-state index in [2.05, 4.69) is 5.16 Å². The largest absolute Gasteiger partial charge is 0.481 e. The molecule has 1 heterocycles. The van der Waals surface area contributed by atoms with Crippen molar-refractivity contribution in [1.82, 2.24) is 5.16 Å². The van der Waals surface area contributed by atoms with Crippen molar-refractivity contribution in [2.24, 2.45) is 0 Å². The SMILES string of the molecule is O=C(O)Cc1ccccc1-c1cc(-c2ccccc2)on1. The maximum absolute atomic E-state index is 10.9. The van der Waals surface area contributed by atoms with Crippen LogP contribution in [0.15, 0.2) is 65.2 Å². The van der Waals surface area contributed by atoms with Gasteiger partial charge in [-0.05, 0) is 5.56 Å². The van der Waals surface area contributed by atoms with E-state index < -0.39 is 5.97 Å². The molecule has 0 aliphatic rings. The molecular formula is C17H13NO3. The first-order valence-corrected chi connectivity index (χ1v) is 6.56. The molecule has 0 spiro atoms. The molecular weight excluding hydrogens is 266 g/mol. The standard InChI is InChI=1S/C17H13NO3/c19-17(20)10-13-8-4-5-9-14(13)15-11-16(21-18-15)12-6-2-1-3-7-12/h1-9,11H,10H2,(H,19,20). The average Bonchev–Trinajstić information content (AvgIpc) is 2.98.